The Morgan fingerprint density at radius 3 is 2.38 bits per heavy atom. The van der Waals surface area contributed by atoms with Crippen LogP contribution in [0.3, 0.4) is 0 Å². The van der Waals surface area contributed by atoms with Gasteiger partial charge in [-0.15, -0.1) is 6.42 Å². The van der Waals surface area contributed by atoms with Crippen LogP contribution in [0.25, 0.3) is 0 Å². The number of hydrogen-bond donors (Lipinski definition) is 1. The van der Waals surface area contributed by atoms with Gasteiger partial charge < -0.3 is 4.90 Å². The van der Waals surface area contributed by atoms with Crippen molar-refractivity contribution in [2.45, 2.75) is 25.3 Å². The van der Waals surface area contributed by atoms with Crippen molar-refractivity contribution in [1.29, 1.82) is 0 Å². The van der Waals surface area contributed by atoms with E-state index in [1.165, 1.54) is 24.3 Å². The molecule has 0 aliphatic carbocycles. The lowest BCUT2D eigenvalue weighted by Crippen LogP contribution is -2.30. The first kappa shape index (κ1) is 19.7. The monoisotopic (exact) mass is 370 g/mol. The Morgan fingerprint density at radius 1 is 1.15 bits per heavy atom. The highest BCUT2D eigenvalue weighted by Gasteiger charge is 2.18. The van der Waals surface area contributed by atoms with E-state index in [2.05, 4.69) is 10.6 Å². The molecule has 0 bridgehead atoms. The molecule has 2 aromatic rings. The maximum atomic E-state index is 12.8. The Kier molecular flexibility index (Phi) is 6.56. The zero-order valence-corrected chi connectivity index (χ0v) is 15.7. The van der Waals surface area contributed by atoms with Crippen molar-refractivity contribution >= 4 is 15.9 Å². The van der Waals surface area contributed by atoms with E-state index >= 15 is 0 Å². The molecular formula is C20H22N2O3S. The molecule has 0 aromatic heterocycles. The van der Waals surface area contributed by atoms with Gasteiger partial charge in [0, 0.05) is 18.7 Å². The molecule has 0 aliphatic heterocycles. The van der Waals surface area contributed by atoms with E-state index in [4.69, 9.17) is 6.42 Å². The van der Waals surface area contributed by atoms with Gasteiger partial charge in [0.25, 0.3) is 5.91 Å². The van der Waals surface area contributed by atoms with Crippen molar-refractivity contribution in [1.82, 2.24) is 9.62 Å². The molecule has 26 heavy (non-hydrogen) atoms. The van der Waals surface area contributed by atoms with Crippen LogP contribution >= 0.6 is 0 Å². The van der Waals surface area contributed by atoms with Gasteiger partial charge in [-0.25, -0.2) is 8.42 Å². The van der Waals surface area contributed by atoms with Crippen molar-refractivity contribution < 1.29 is 13.2 Å². The van der Waals surface area contributed by atoms with E-state index in [9.17, 15) is 13.2 Å². The van der Waals surface area contributed by atoms with E-state index in [1.807, 2.05) is 38.1 Å². The zero-order chi connectivity index (χ0) is 19.2. The first-order valence-electron chi connectivity index (χ1n) is 8.26. The Hall–Kier alpha value is -2.62. The van der Waals surface area contributed by atoms with Crippen LogP contribution in [0, 0.1) is 19.3 Å². The molecule has 2 rings (SSSR count). The van der Waals surface area contributed by atoms with Crippen LogP contribution in [-0.2, 0) is 16.6 Å². The number of benzene rings is 2. The van der Waals surface area contributed by atoms with Crippen LogP contribution in [0.2, 0.25) is 0 Å². The molecule has 0 saturated heterocycles. The van der Waals surface area contributed by atoms with Crippen LogP contribution in [0.5, 0.6) is 0 Å². The first-order chi connectivity index (χ1) is 12.4. The SMILES string of the molecule is C#CCNS(=O)(=O)c1ccc(C(=O)N(CC)Cc2ccccc2C)cc1. The van der Waals surface area contributed by atoms with Crippen LogP contribution in [-0.4, -0.2) is 32.3 Å². The summed E-state index contributed by atoms with van der Waals surface area (Å²) in [7, 11) is -3.66. The van der Waals surface area contributed by atoms with Crippen molar-refractivity contribution in [2.75, 3.05) is 13.1 Å². The number of terminal acetylenes is 1. The Labute approximate surface area is 155 Å². The lowest BCUT2D eigenvalue weighted by molar-refractivity contribution is 0.0752. The summed E-state index contributed by atoms with van der Waals surface area (Å²) in [6.45, 7) is 4.90. The smallest absolute Gasteiger partial charge is 0.254 e. The Morgan fingerprint density at radius 2 is 1.81 bits per heavy atom. The number of carbonyl (C=O) groups is 1. The maximum Gasteiger partial charge on any atom is 0.254 e. The van der Waals surface area contributed by atoms with Gasteiger partial charge in [0.1, 0.15) is 0 Å². The number of aryl methyl sites for hydroxylation is 1. The van der Waals surface area contributed by atoms with E-state index in [-0.39, 0.29) is 17.3 Å². The van der Waals surface area contributed by atoms with Gasteiger partial charge in [0.05, 0.1) is 11.4 Å². The van der Waals surface area contributed by atoms with Gasteiger partial charge in [0.15, 0.2) is 0 Å². The van der Waals surface area contributed by atoms with Crippen molar-refractivity contribution in [2.24, 2.45) is 0 Å². The van der Waals surface area contributed by atoms with Gasteiger partial charge in [-0.2, -0.15) is 4.72 Å². The predicted octanol–water partition coefficient (Wildman–Crippen LogP) is 2.57. The minimum atomic E-state index is -3.66. The summed E-state index contributed by atoms with van der Waals surface area (Å²) in [4.78, 5) is 14.6. The molecule has 5 nitrogen and oxygen atoms in total. The summed E-state index contributed by atoms with van der Waals surface area (Å²) in [5.74, 6) is 2.08. The third kappa shape index (κ3) is 4.72. The molecule has 0 unspecified atom stereocenters. The molecular weight excluding hydrogens is 348 g/mol. The third-order valence-electron chi connectivity index (χ3n) is 4.07. The molecule has 0 atom stereocenters. The average molecular weight is 370 g/mol. The fraction of sp³-hybridized carbons (Fsp3) is 0.250. The number of rotatable bonds is 7. The molecule has 0 spiro atoms. The lowest BCUT2D eigenvalue weighted by atomic mass is 10.1. The summed E-state index contributed by atoms with van der Waals surface area (Å²) >= 11 is 0. The summed E-state index contributed by atoms with van der Waals surface area (Å²) in [5.41, 5.74) is 2.65. The van der Waals surface area contributed by atoms with Gasteiger partial charge in [-0.05, 0) is 49.2 Å². The summed E-state index contributed by atoms with van der Waals surface area (Å²) in [5, 5.41) is 0. The molecule has 0 heterocycles. The second-order valence-electron chi connectivity index (χ2n) is 5.80. The van der Waals surface area contributed by atoms with Gasteiger partial charge >= 0.3 is 0 Å². The van der Waals surface area contributed by atoms with Gasteiger partial charge in [-0.1, -0.05) is 30.2 Å². The molecule has 6 heteroatoms. The normalized spacial score (nSPS) is 11.0. The summed E-state index contributed by atoms with van der Waals surface area (Å²) in [6.07, 6.45) is 5.07. The van der Waals surface area contributed by atoms with Crippen LogP contribution < -0.4 is 4.72 Å². The van der Waals surface area contributed by atoms with Crippen molar-refractivity contribution in [3.8, 4) is 12.3 Å². The molecule has 0 aliphatic rings. The zero-order valence-electron chi connectivity index (χ0n) is 14.9. The molecule has 0 saturated carbocycles. The second-order valence-corrected chi connectivity index (χ2v) is 7.57. The quantitative estimate of drug-likeness (QED) is 0.762. The fourth-order valence-electron chi connectivity index (χ4n) is 2.50. The Balaban J connectivity index is 2.18. The highest BCUT2D eigenvalue weighted by molar-refractivity contribution is 7.89. The largest absolute Gasteiger partial charge is 0.335 e. The molecule has 1 N–H and O–H groups in total. The number of nitrogens with zero attached hydrogens (tertiary/aromatic N) is 1. The van der Waals surface area contributed by atoms with Crippen LogP contribution in [0.4, 0.5) is 0 Å². The topological polar surface area (TPSA) is 66.5 Å². The van der Waals surface area contributed by atoms with Crippen LogP contribution in [0.1, 0.15) is 28.4 Å². The number of hydrogen-bond acceptors (Lipinski definition) is 3. The third-order valence-corrected chi connectivity index (χ3v) is 5.48. The molecule has 0 fully saturated rings. The number of amides is 1. The van der Waals surface area contributed by atoms with E-state index in [0.29, 0.717) is 18.7 Å². The number of nitrogens with one attached hydrogen (secondary N) is 1. The number of carbonyl (C=O) groups excluding carboxylic acids is 1. The molecule has 136 valence electrons. The first-order valence-corrected chi connectivity index (χ1v) is 9.74. The number of sulfonamides is 1. The van der Waals surface area contributed by atoms with Crippen LogP contribution in [0.15, 0.2) is 53.4 Å². The van der Waals surface area contributed by atoms with E-state index < -0.39 is 10.0 Å². The second kappa shape index (κ2) is 8.65. The minimum absolute atomic E-state index is 0.0752. The van der Waals surface area contributed by atoms with Crippen molar-refractivity contribution in [3.63, 3.8) is 0 Å². The predicted molar refractivity (Wildman–Crippen MR) is 102 cm³/mol. The lowest BCUT2D eigenvalue weighted by Gasteiger charge is -2.22. The molecule has 1 amide bonds. The summed E-state index contributed by atoms with van der Waals surface area (Å²) in [6, 6.07) is 13.8. The van der Waals surface area contributed by atoms with E-state index in [1.54, 1.807) is 4.90 Å². The molecule has 0 radical (unpaired) electrons. The average Bonchev–Trinajstić information content (AvgIpc) is 2.65. The van der Waals surface area contributed by atoms with E-state index in [0.717, 1.165) is 11.1 Å². The highest BCUT2D eigenvalue weighted by Crippen LogP contribution is 2.15. The Bertz CT molecular complexity index is 913. The fourth-order valence-corrected chi connectivity index (χ4v) is 3.43. The molecule has 2 aromatic carbocycles. The minimum Gasteiger partial charge on any atom is -0.335 e. The van der Waals surface area contributed by atoms with Crippen molar-refractivity contribution in [3.05, 3.63) is 65.2 Å². The standard InChI is InChI=1S/C20H22N2O3S/c1-4-14-21-26(24,25)19-12-10-17(11-13-19)20(23)22(5-2)15-18-9-7-6-8-16(18)3/h1,6-13,21H,5,14-15H2,2-3H3. The highest BCUT2D eigenvalue weighted by atomic mass is 32.2. The maximum absolute atomic E-state index is 12.8. The van der Waals surface area contributed by atoms with Gasteiger partial charge in [-0.3, -0.25) is 4.79 Å². The summed E-state index contributed by atoms with van der Waals surface area (Å²) < 4.78 is 26.4. The van der Waals surface area contributed by atoms with Gasteiger partial charge in [0.2, 0.25) is 10.0 Å².